The van der Waals surface area contributed by atoms with Crippen molar-refractivity contribution in [3.05, 3.63) is 53.6 Å². The van der Waals surface area contributed by atoms with Gasteiger partial charge in [-0.25, -0.2) is 4.98 Å². The highest BCUT2D eigenvalue weighted by atomic mass is 32.2. The molecule has 0 bridgehead atoms. The molecule has 5 heteroatoms. The van der Waals surface area contributed by atoms with Crippen LogP contribution in [0.2, 0.25) is 0 Å². The van der Waals surface area contributed by atoms with Gasteiger partial charge < -0.3 is 10.3 Å². The maximum Gasteiger partial charge on any atom is 0.224 e. The van der Waals surface area contributed by atoms with Gasteiger partial charge in [-0.15, -0.1) is 0 Å². The molecule has 1 aromatic heterocycles. The molecule has 172 valence electrons. The molecular weight excluding hydrogens is 414 g/mol. The van der Waals surface area contributed by atoms with Crippen molar-refractivity contribution in [3.8, 4) is 0 Å². The van der Waals surface area contributed by atoms with Crippen LogP contribution >= 0.6 is 11.8 Å². The van der Waals surface area contributed by atoms with E-state index in [1.807, 2.05) is 18.2 Å². The number of aromatic amines is 1. The van der Waals surface area contributed by atoms with Crippen LogP contribution in [0.25, 0.3) is 11.0 Å². The van der Waals surface area contributed by atoms with Crippen LogP contribution in [0.5, 0.6) is 0 Å². The minimum absolute atomic E-state index is 0.139. The fraction of sp³-hybridized carbons (Fsp3) is 0.481. The number of hydrogen-bond donors (Lipinski definition) is 2. The van der Waals surface area contributed by atoms with Crippen molar-refractivity contribution in [1.29, 1.82) is 0 Å². The van der Waals surface area contributed by atoms with E-state index in [2.05, 4.69) is 67.2 Å². The maximum absolute atomic E-state index is 12.6. The van der Waals surface area contributed by atoms with E-state index >= 15 is 0 Å². The third kappa shape index (κ3) is 6.86. The summed E-state index contributed by atoms with van der Waals surface area (Å²) in [6, 6.07) is 14.5. The Labute approximate surface area is 197 Å². The molecule has 4 nitrogen and oxygen atoms in total. The monoisotopic (exact) mass is 451 g/mol. The number of rotatable bonds is 12. The predicted molar refractivity (Wildman–Crippen MR) is 138 cm³/mol. The van der Waals surface area contributed by atoms with Crippen molar-refractivity contribution in [2.24, 2.45) is 0 Å². The summed E-state index contributed by atoms with van der Waals surface area (Å²) in [5.74, 6) is 1.99. The van der Waals surface area contributed by atoms with Gasteiger partial charge in [0.05, 0.1) is 11.0 Å². The molecule has 0 saturated carbocycles. The Bertz CT molecular complexity index is 950. The molecule has 1 amide bonds. The lowest BCUT2D eigenvalue weighted by molar-refractivity contribution is -0.116. The van der Waals surface area contributed by atoms with E-state index in [9.17, 15) is 4.79 Å². The zero-order valence-corrected chi connectivity index (χ0v) is 20.7. The average Bonchev–Trinajstić information content (AvgIpc) is 3.18. The number of nitrogens with zero attached hydrogens (tertiary/aromatic N) is 1. The normalized spacial score (nSPS) is 11.6. The Hall–Kier alpha value is -2.27. The van der Waals surface area contributed by atoms with Gasteiger partial charge in [0.2, 0.25) is 5.91 Å². The Kier molecular flexibility index (Phi) is 9.22. The summed E-state index contributed by atoms with van der Waals surface area (Å²) in [5.41, 5.74) is 5.62. The van der Waals surface area contributed by atoms with Crippen molar-refractivity contribution in [2.75, 3.05) is 11.1 Å². The molecule has 0 aliphatic carbocycles. The molecule has 0 atom stereocenters. The molecule has 0 radical (unpaired) electrons. The maximum atomic E-state index is 12.6. The Morgan fingerprint density at radius 3 is 2.25 bits per heavy atom. The summed E-state index contributed by atoms with van der Waals surface area (Å²) in [4.78, 5) is 20.6. The number of thioether (sulfide) groups is 1. The SMILES string of the molecule is CC(C)c1cccc(C(C)C)c1NC(=O)CCCCCCCSc1nc2ccccc2[nH]1. The molecule has 0 fully saturated rings. The third-order valence-electron chi connectivity index (χ3n) is 5.79. The highest BCUT2D eigenvalue weighted by Gasteiger charge is 2.15. The second-order valence-electron chi connectivity index (χ2n) is 9.09. The fourth-order valence-electron chi connectivity index (χ4n) is 3.98. The summed E-state index contributed by atoms with van der Waals surface area (Å²) >= 11 is 1.79. The number of benzene rings is 2. The lowest BCUT2D eigenvalue weighted by Gasteiger charge is -2.20. The van der Waals surface area contributed by atoms with Gasteiger partial charge in [0.25, 0.3) is 0 Å². The number of anilines is 1. The number of amides is 1. The molecule has 1 heterocycles. The molecule has 2 aromatic carbocycles. The predicted octanol–water partition coefficient (Wildman–Crippen LogP) is 7.88. The zero-order valence-electron chi connectivity index (χ0n) is 19.9. The lowest BCUT2D eigenvalue weighted by Crippen LogP contribution is -2.15. The van der Waals surface area contributed by atoms with Crippen molar-refractivity contribution >= 4 is 34.4 Å². The summed E-state index contributed by atoms with van der Waals surface area (Å²) < 4.78 is 0. The second kappa shape index (κ2) is 12.1. The van der Waals surface area contributed by atoms with Crippen molar-refractivity contribution in [2.45, 2.75) is 83.2 Å². The molecule has 3 aromatic rings. The quantitative estimate of drug-likeness (QED) is 0.217. The first-order chi connectivity index (χ1) is 15.5. The van der Waals surface area contributed by atoms with Crippen LogP contribution in [0, 0.1) is 0 Å². The van der Waals surface area contributed by atoms with Gasteiger partial charge >= 0.3 is 0 Å². The van der Waals surface area contributed by atoms with Gasteiger partial charge in [0.1, 0.15) is 0 Å². The van der Waals surface area contributed by atoms with Gasteiger partial charge in [0, 0.05) is 17.9 Å². The van der Waals surface area contributed by atoms with Gasteiger partial charge in [-0.1, -0.05) is 89.1 Å². The molecule has 0 spiro atoms. The fourth-order valence-corrected chi connectivity index (χ4v) is 4.87. The summed E-state index contributed by atoms with van der Waals surface area (Å²) in [6.45, 7) is 8.73. The number of para-hydroxylation sites is 3. The Balaban J connectivity index is 1.33. The van der Waals surface area contributed by atoms with Crippen LogP contribution in [0.4, 0.5) is 5.69 Å². The highest BCUT2D eigenvalue weighted by molar-refractivity contribution is 7.99. The molecule has 0 saturated heterocycles. The minimum Gasteiger partial charge on any atom is -0.333 e. The molecule has 32 heavy (non-hydrogen) atoms. The van der Waals surface area contributed by atoms with E-state index in [1.54, 1.807) is 11.8 Å². The van der Waals surface area contributed by atoms with Gasteiger partial charge in [-0.05, 0) is 47.9 Å². The first-order valence-electron chi connectivity index (χ1n) is 12.0. The van der Waals surface area contributed by atoms with Gasteiger partial charge in [0.15, 0.2) is 5.16 Å². The van der Waals surface area contributed by atoms with E-state index in [0.717, 1.165) is 40.5 Å². The van der Waals surface area contributed by atoms with E-state index < -0.39 is 0 Å². The summed E-state index contributed by atoms with van der Waals surface area (Å²) in [6.07, 6.45) is 6.19. The number of aromatic nitrogens is 2. The number of carbonyl (C=O) groups is 1. The number of fused-ring (bicyclic) bond motifs is 1. The first kappa shape index (κ1) is 24.4. The number of imidazole rings is 1. The zero-order chi connectivity index (χ0) is 22.9. The van der Waals surface area contributed by atoms with E-state index in [0.29, 0.717) is 18.3 Å². The van der Waals surface area contributed by atoms with Gasteiger partial charge in [-0.2, -0.15) is 0 Å². The van der Waals surface area contributed by atoms with Gasteiger partial charge in [-0.3, -0.25) is 4.79 Å². The third-order valence-corrected chi connectivity index (χ3v) is 6.75. The molecule has 0 aliphatic rings. The second-order valence-corrected chi connectivity index (χ2v) is 10.2. The van der Waals surface area contributed by atoms with Crippen LogP contribution < -0.4 is 5.32 Å². The highest BCUT2D eigenvalue weighted by Crippen LogP contribution is 2.32. The number of unbranched alkanes of at least 4 members (excludes halogenated alkanes) is 4. The number of H-pyrrole nitrogens is 1. The minimum atomic E-state index is 0.139. The summed E-state index contributed by atoms with van der Waals surface area (Å²) in [7, 11) is 0. The molecule has 3 rings (SSSR count). The number of hydrogen-bond acceptors (Lipinski definition) is 3. The van der Waals surface area contributed by atoms with Crippen LogP contribution in [0.3, 0.4) is 0 Å². The van der Waals surface area contributed by atoms with Crippen LogP contribution in [-0.2, 0) is 4.79 Å². The lowest BCUT2D eigenvalue weighted by atomic mass is 9.92. The van der Waals surface area contributed by atoms with Crippen LogP contribution in [-0.4, -0.2) is 21.6 Å². The first-order valence-corrected chi connectivity index (χ1v) is 12.9. The topological polar surface area (TPSA) is 57.8 Å². The molecule has 0 aliphatic heterocycles. The molecular formula is C27H37N3OS. The van der Waals surface area contributed by atoms with Crippen LogP contribution in [0.15, 0.2) is 47.6 Å². The molecule has 0 unspecified atom stereocenters. The van der Waals surface area contributed by atoms with Crippen LogP contribution in [0.1, 0.15) is 89.2 Å². The smallest absolute Gasteiger partial charge is 0.224 e. The molecule has 2 N–H and O–H groups in total. The largest absolute Gasteiger partial charge is 0.333 e. The Morgan fingerprint density at radius 1 is 0.906 bits per heavy atom. The van der Waals surface area contributed by atoms with E-state index in [-0.39, 0.29) is 5.91 Å². The Morgan fingerprint density at radius 2 is 1.56 bits per heavy atom. The van der Waals surface area contributed by atoms with Crippen molar-refractivity contribution in [3.63, 3.8) is 0 Å². The van der Waals surface area contributed by atoms with Crippen molar-refractivity contribution < 1.29 is 4.79 Å². The number of nitrogens with one attached hydrogen (secondary N) is 2. The van der Waals surface area contributed by atoms with Crippen molar-refractivity contribution in [1.82, 2.24) is 9.97 Å². The standard InChI is InChI=1S/C27H37N3OS/c1-19(2)21-13-12-14-22(20(3)4)26(21)30-25(31)17-8-6-5-7-11-18-32-27-28-23-15-9-10-16-24(23)29-27/h9-10,12-16,19-20H,5-8,11,17-18H2,1-4H3,(H,28,29)(H,30,31). The number of carbonyl (C=O) groups excluding carboxylic acids is 1. The average molecular weight is 452 g/mol. The summed E-state index contributed by atoms with van der Waals surface area (Å²) in [5, 5.41) is 4.23. The van der Waals surface area contributed by atoms with E-state index in [4.69, 9.17) is 0 Å². The van der Waals surface area contributed by atoms with E-state index in [1.165, 1.54) is 30.4 Å².